The maximum atomic E-state index is 13.1. The van der Waals surface area contributed by atoms with Crippen LogP contribution in [0.5, 0.6) is 5.75 Å². The first kappa shape index (κ1) is 22.9. The number of hydrogen-bond acceptors (Lipinski definition) is 5. The van der Waals surface area contributed by atoms with E-state index in [-0.39, 0.29) is 18.3 Å². The molecular formula is C22H27F3N4O2. The average molecular weight is 436 g/mol. The number of anilines is 1. The van der Waals surface area contributed by atoms with Crippen LogP contribution in [0, 0.1) is 0 Å². The molecular weight excluding hydrogens is 409 g/mol. The quantitative estimate of drug-likeness (QED) is 0.694. The van der Waals surface area contributed by atoms with Crippen LogP contribution in [-0.4, -0.2) is 31.1 Å². The van der Waals surface area contributed by atoms with Crippen molar-refractivity contribution >= 4 is 11.7 Å². The molecule has 6 nitrogen and oxygen atoms in total. The molecule has 3 rings (SSSR count). The molecule has 1 aromatic heterocycles. The fraction of sp³-hybridized carbons (Fsp3) is 0.455. The van der Waals surface area contributed by atoms with Gasteiger partial charge in [0.15, 0.2) is 0 Å². The van der Waals surface area contributed by atoms with Crippen LogP contribution in [-0.2, 0) is 24.1 Å². The number of carbonyl (C=O) groups is 1. The van der Waals surface area contributed by atoms with Gasteiger partial charge in [-0.1, -0.05) is 18.2 Å². The van der Waals surface area contributed by atoms with E-state index in [0.29, 0.717) is 30.9 Å². The fourth-order valence-corrected chi connectivity index (χ4v) is 3.66. The molecule has 168 valence electrons. The SMILES string of the molecule is COc1cc(C(C)C(=O)NCc2ccc(C(F)(F)F)nc2N2CCCC2)ccc1CN. The molecule has 2 aromatic rings. The first-order valence-corrected chi connectivity index (χ1v) is 10.2. The first-order valence-electron chi connectivity index (χ1n) is 10.2. The Hall–Kier alpha value is -2.81. The number of ether oxygens (including phenoxy) is 1. The number of rotatable bonds is 7. The van der Waals surface area contributed by atoms with Gasteiger partial charge >= 0.3 is 6.18 Å². The molecule has 1 saturated heterocycles. The standard InChI is InChI=1S/C22H27F3N4O2/c1-14(15-5-6-16(12-26)18(11-15)31-2)21(30)27-13-17-7-8-19(22(23,24)25)28-20(17)29-9-3-4-10-29/h5-8,11,14H,3-4,9-10,12-13,26H2,1-2H3,(H,27,30). The van der Waals surface area contributed by atoms with E-state index in [9.17, 15) is 18.0 Å². The zero-order valence-electron chi connectivity index (χ0n) is 17.6. The second kappa shape index (κ2) is 9.55. The normalized spacial score (nSPS) is 15.1. The Morgan fingerprint density at radius 2 is 1.90 bits per heavy atom. The van der Waals surface area contributed by atoms with E-state index < -0.39 is 17.8 Å². The van der Waals surface area contributed by atoms with Crippen molar-refractivity contribution in [2.75, 3.05) is 25.1 Å². The molecule has 2 heterocycles. The number of hydrogen-bond donors (Lipinski definition) is 2. The summed E-state index contributed by atoms with van der Waals surface area (Å²) in [5, 5.41) is 2.83. The van der Waals surface area contributed by atoms with Gasteiger partial charge in [-0.25, -0.2) is 4.98 Å². The lowest BCUT2D eigenvalue weighted by molar-refractivity contribution is -0.141. The summed E-state index contributed by atoms with van der Waals surface area (Å²) in [7, 11) is 1.54. The highest BCUT2D eigenvalue weighted by molar-refractivity contribution is 5.83. The Labute approximate surface area is 179 Å². The first-order chi connectivity index (χ1) is 14.7. The van der Waals surface area contributed by atoms with Gasteiger partial charge in [-0.3, -0.25) is 4.79 Å². The number of halogens is 3. The number of methoxy groups -OCH3 is 1. The number of nitrogens with two attached hydrogens (primary N) is 1. The van der Waals surface area contributed by atoms with Gasteiger partial charge in [0.05, 0.1) is 13.0 Å². The van der Waals surface area contributed by atoms with Crippen molar-refractivity contribution in [3.63, 3.8) is 0 Å². The molecule has 0 saturated carbocycles. The van der Waals surface area contributed by atoms with E-state index in [4.69, 9.17) is 10.5 Å². The predicted octanol–water partition coefficient (Wildman–Crippen LogP) is 3.59. The van der Waals surface area contributed by atoms with Crippen LogP contribution in [0.3, 0.4) is 0 Å². The topological polar surface area (TPSA) is 80.5 Å². The lowest BCUT2D eigenvalue weighted by atomic mass is 9.98. The van der Waals surface area contributed by atoms with Crippen LogP contribution in [0.4, 0.5) is 19.0 Å². The summed E-state index contributed by atoms with van der Waals surface area (Å²) in [6.07, 6.45) is -2.71. The predicted molar refractivity (Wildman–Crippen MR) is 112 cm³/mol. The number of pyridine rings is 1. The van der Waals surface area contributed by atoms with Gasteiger partial charge in [0.2, 0.25) is 5.91 Å². The van der Waals surface area contributed by atoms with Crippen molar-refractivity contribution < 1.29 is 22.7 Å². The summed E-state index contributed by atoms with van der Waals surface area (Å²) >= 11 is 0. The highest BCUT2D eigenvalue weighted by atomic mass is 19.4. The molecule has 31 heavy (non-hydrogen) atoms. The smallest absolute Gasteiger partial charge is 0.433 e. The molecule has 0 spiro atoms. The maximum Gasteiger partial charge on any atom is 0.433 e. The second-order valence-corrected chi connectivity index (χ2v) is 7.59. The van der Waals surface area contributed by atoms with Crippen LogP contribution in [0.2, 0.25) is 0 Å². The van der Waals surface area contributed by atoms with Gasteiger partial charge in [0.25, 0.3) is 0 Å². The minimum absolute atomic E-state index is 0.0954. The number of carbonyl (C=O) groups excluding carboxylic acids is 1. The summed E-state index contributed by atoms with van der Waals surface area (Å²) in [6.45, 7) is 3.49. The summed E-state index contributed by atoms with van der Waals surface area (Å²) < 4.78 is 44.8. The second-order valence-electron chi connectivity index (χ2n) is 7.59. The van der Waals surface area contributed by atoms with Crippen molar-refractivity contribution in [2.24, 2.45) is 5.73 Å². The minimum Gasteiger partial charge on any atom is -0.496 e. The molecule has 1 aliphatic rings. The van der Waals surface area contributed by atoms with Gasteiger partial charge in [-0.15, -0.1) is 0 Å². The lowest BCUT2D eigenvalue weighted by Gasteiger charge is -2.22. The maximum absolute atomic E-state index is 13.1. The van der Waals surface area contributed by atoms with E-state index in [1.807, 2.05) is 17.0 Å². The lowest BCUT2D eigenvalue weighted by Crippen LogP contribution is -2.29. The van der Waals surface area contributed by atoms with Crippen LogP contribution >= 0.6 is 0 Å². The third-order valence-electron chi connectivity index (χ3n) is 5.53. The van der Waals surface area contributed by atoms with Crippen molar-refractivity contribution in [1.29, 1.82) is 0 Å². The molecule has 1 unspecified atom stereocenters. The Morgan fingerprint density at radius 1 is 1.23 bits per heavy atom. The minimum atomic E-state index is -4.51. The molecule has 1 aliphatic heterocycles. The monoisotopic (exact) mass is 436 g/mol. The van der Waals surface area contributed by atoms with E-state index in [2.05, 4.69) is 10.3 Å². The highest BCUT2D eigenvalue weighted by Gasteiger charge is 2.34. The summed E-state index contributed by atoms with van der Waals surface area (Å²) in [5.74, 6) is 0.186. The number of benzene rings is 1. The van der Waals surface area contributed by atoms with Gasteiger partial charge in [-0.2, -0.15) is 13.2 Å². The molecule has 1 amide bonds. The van der Waals surface area contributed by atoms with Crippen LogP contribution in [0.15, 0.2) is 30.3 Å². The molecule has 0 radical (unpaired) electrons. The molecule has 1 atom stereocenters. The van der Waals surface area contributed by atoms with Gasteiger partial charge in [0.1, 0.15) is 17.3 Å². The number of alkyl halides is 3. The van der Waals surface area contributed by atoms with Crippen LogP contribution in [0.1, 0.15) is 48.1 Å². The molecule has 1 aromatic carbocycles. The number of nitrogens with zero attached hydrogens (tertiary/aromatic N) is 2. The Morgan fingerprint density at radius 3 is 2.52 bits per heavy atom. The third-order valence-corrected chi connectivity index (χ3v) is 5.53. The number of nitrogens with one attached hydrogen (secondary N) is 1. The Balaban J connectivity index is 1.76. The zero-order valence-corrected chi connectivity index (χ0v) is 17.6. The summed E-state index contributed by atoms with van der Waals surface area (Å²) in [4.78, 5) is 18.5. The Kier molecular flexibility index (Phi) is 7.04. The molecule has 9 heteroatoms. The van der Waals surface area contributed by atoms with E-state index in [0.717, 1.165) is 30.0 Å². The van der Waals surface area contributed by atoms with Crippen molar-refractivity contribution in [1.82, 2.24) is 10.3 Å². The van der Waals surface area contributed by atoms with Crippen LogP contribution < -0.4 is 20.7 Å². The van der Waals surface area contributed by atoms with Crippen molar-refractivity contribution in [2.45, 2.75) is 44.9 Å². The van der Waals surface area contributed by atoms with Crippen LogP contribution in [0.25, 0.3) is 0 Å². The average Bonchev–Trinajstić information content (AvgIpc) is 3.30. The van der Waals surface area contributed by atoms with Gasteiger partial charge in [0, 0.05) is 37.3 Å². The number of amides is 1. The van der Waals surface area contributed by atoms with Gasteiger partial charge < -0.3 is 20.7 Å². The van der Waals surface area contributed by atoms with E-state index >= 15 is 0 Å². The summed E-state index contributed by atoms with van der Waals surface area (Å²) in [6, 6.07) is 7.78. The third kappa shape index (κ3) is 5.28. The number of aromatic nitrogens is 1. The zero-order chi connectivity index (χ0) is 22.6. The van der Waals surface area contributed by atoms with E-state index in [1.165, 1.54) is 6.07 Å². The molecule has 3 N–H and O–H groups in total. The van der Waals surface area contributed by atoms with E-state index in [1.54, 1.807) is 20.1 Å². The molecule has 0 bridgehead atoms. The van der Waals surface area contributed by atoms with Gasteiger partial charge in [-0.05, 0) is 37.5 Å². The van der Waals surface area contributed by atoms with Crippen molar-refractivity contribution in [3.05, 3.63) is 52.7 Å². The molecule has 1 fully saturated rings. The van der Waals surface area contributed by atoms with Crippen molar-refractivity contribution in [3.8, 4) is 5.75 Å². The fourth-order valence-electron chi connectivity index (χ4n) is 3.66. The summed E-state index contributed by atoms with van der Waals surface area (Å²) in [5.41, 5.74) is 6.92. The molecule has 0 aliphatic carbocycles. The largest absolute Gasteiger partial charge is 0.496 e. The Bertz CT molecular complexity index is 927. The highest BCUT2D eigenvalue weighted by Crippen LogP contribution is 2.32.